The van der Waals surface area contributed by atoms with Crippen LogP contribution in [0.15, 0.2) is 41.2 Å². The molecule has 0 unspecified atom stereocenters. The Morgan fingerprint density at radius 3 is 2.47 bits per heavy atom. The van der Waals surface area contributed by atoms with Crippen molar-refractivity contribution in [2.45, 2.75) is 72.1 Å². The number of aliphatic hydroxyl groups excluding tert-OH is 1. The van der Waals surface area contributed by atoms with E-state index in [4.69, 9.17) is 16.3 Å². The van der Waals surface area contributed by atoms with Gasteiger partial charge in [0.05, 0.1) is 16.5 Å². The fourth-order valence-corrected chi connectivity index (χ4v) is 6.68. The average molecular weight is 542 g/mol. The minimum Gasteiger partial charge on any atom is -0.392 e. The molecule has 0 radical (unpaired) electrons. The molecule has 192 valence electrons. The van der Waals surface area contributed by atoms with Gasteiger partial charge in [0, 0.05) is 25.5 Å². The lowest BCUT2D eigenvalue weighted by molar-refractivity contribution is 0.0882. The van der Waals surface area contributed by atoms with Gasteiger partial charge in [-0.3, -0.25) is 9.36 Å². The molecular weight excluding hydrogens is 506 g/mol. The summed E-state index contributed by atoms with van der Waals surface area (Å²) in [5.74, 6) is 0.479. The lowest BCUT2D eigenvalue weighted by atomic mass is 9.89. The summed E-state index contributed by atoms with van der Waals surface area (Å²) in [7, 11) is -1.25. The second-order valence-corrected chi connectivity index (χ2v) is 18.2. The van der Waals surface area contributed by atoms with E-state index in [-0.39, 0.29) is 18.9 Å². The number of aliphatic hydroxyl groups is 1. The van der Waals surface area contributed by atoms with Crippen molar-refractivity contribution in [1.29, 1.82) is 0 Å². The fourth-order valence-electron chi connectivity index (χ4n) is 4.74. The normalized spacial score (nSPS) is 13.1. The smallest absolute Gasteiger partial charge is 0.270 e. The quantitative estimate of drug-likeness (QED) is 0.172. The van der Waals surface area contributed by atoms with Gasteiger partial charge in [-0.25, -0.2) is 0 Å². The van der Waals surface area contributed by atoms with E-state index >= 15 is 0 Å². The van der Waals surface area contributed by atoms with Gasteiger partial charge in [0.25, 0.3) is 5.56 Å². The highest BCUT2D eigenvalue weighted by atomic mass is 35.5. The maximum Gasteiger partial charge on any atom is 0.270 e. The predicted molar refractivity (Wildman–Crippen MR) is 158 cm³/mol. The van der Waals surface area contributed by atoms with Gasteiger partial charge in [0.2, 0.25) is 0 Å². The number of hydrogen-bond donors (Lipinski definition) is 1. The number of pyridine rings is 1. The lowest BCUT2D eigenvalue weighted by Crippen LogP contribution is -2.25. The van der Waals surface area contributed by atoms with Gasteiger partial charge < -0.3 is 9.84 Å². The van der Waals surface area contributed by atoms with Gasteiger partial charge in [0.15, 0.2) is 0 Å². The first-order chi connectivity index (χ1) is 17.1. The largest absolute Gasteiger partial charge is 0.392 e. The van der Waals surface area contributed by atoms with Gasteiger partial charge in [-0.2, -0.15) is 0 Å². The highest BCUT2D eigenvalue weighted by molar-refractivity contribution is 7.22. The molecule has 2 heterocycles. The molecule has 2 aromatic carbocycles. The molecule has 0 aliphatic rings. The number of benzene rings is 2. The van der Waals surface area contributed by atoms with Crippen LogP contribution in [0.5, 0.6) is 0 Å². The van der Waals surface area contributed by atoms with Crippen LogP contribution >= 0.6 is 22.9 Å². The topological polar surface area (TPSA) is 51.5 Å². The molecule has 4 nitrogen and oxygen atoms in total. The Hall–Kier alpha value is -1.96. The molecule has 0 aliphatic carbocycles. The molecule has 0 saturated carbocycles. The molecule has 1 N–H and O–H groups in total. The van der Waals surface area contributed by atoms with E-state index < -0.39 is 8.07 Å². The summed E-state index contributed by atoms with van der Waals surface area (Å²) >= 11 is 7.77. The van der Waals surface area contributed by atoms with Gasteiger partial charge in [-0.1, -0.05) is 75.4 Å². The Labute approximate surface area is 223 Å². The number of rotatable bonds is 9. The maximum absolute atomic E-state index is 13.6. The number of aryl methyl sites for hydroxylation is 1. The van der Waals surface area contributed by atoms with Crippen molar-refractivity contribution >= 4 is 52.0 Å². The van der Waals surface area contributed by atoms with E-state index in [9.17, 15) is 9.90 Å². The molecule has 36 heavy (non-hydrogen) atoms. The van der Waals surface area contributed by atoms with Crippen LogP contribution in [-0.4, -0.2) is 24.4 Å². The number of nitrogens with zero attached hydrogens (tertiary/aromatic N) is 1. The van der Waals surface area contributed by atoms with E-state index in [0.717, 1.165) is 51.0 Å². The van der Waals surface area contributed by atoms with Crippen LogP contribution in [0.3, 0.4) is 0 Å². The Bertz CT molecular complexity index is 1450. The first-order valence-electron chi connectivity index (χ1n) is 12.6. The molecule has 0 saturated heterocycles. The number of aromatic nitrogens is 1. The summed E-state index contributed by atoms with van der Waals surface area (Å²) in [6.07, 6.45) is 1.08. The number of fused-ring (bicyclic) bond motifs is 3. The molecule has 0 spiro atoms. The first kappa shape index (κ1) is 27.1. The molecule has 4 aromatic rings. The predicted octanol–water partition coefficient (Wildman–Crippen LogP) is 8.16. The van der Waals surface area contributed by atoms with Crippen LogP contribution in [0.25, 0.3) is 32.1 Å². The standard InChI is InChI=1S/C29H36ClNO3SSi/c1-7-18(2)20-8-10-21(11-9-20)25-22(16-32)14-19(3)27-26(25)23-15-24(30)35-28(23)29(33)31(27)17-34-12-13-36(4,5)6/h8-11,14-15,18,32H,7,12-13,16-17H2,1-6H3/t18-/m0/s1. The number of thiophene rings is 1. The van der Waals surface area contributed by atoms with Crippen LogP contribution in [0.2, 0.25) is 30.0 Å². The molecule has 0 bridgehead atoms. The summed E-state index contributed by atoms with van der Waals surface area (Å²) in [6, 6.07) is 13.5. The SMILES string of the molecule is CC[C@H](C)c1ccc(-c2c(CO)cc(C)c3c2c2cc(Cl)sc2c(=O)n3COCC[Si](C)(C)C)cc1. The van der Waals surface area contributed by atoms with Crippen molar-refractivity contribution in [3.05, 3.63) is 67.8 Å². The van der Waals surface area contributed by atoms with E-state index in [1.165, 1.54) is 16.9 Å². The van der Waals surface area contributed by atoms with Crippen LogP contribution in [-0.2, 0) is 18.1 Å². The lowest BCUT2D eigenvalue weighted by Gasteiger charge is -2.21. The zero-order valence-corrected chi connectivity index (χ0v) is 24.6. The van der Waals surface area contributed by atoms with Crippen molar-refractivity contribution in [3.8, 4) is 11.1 Å². The van der Waals surface area contributed by atoms with E-state index in [1.807, 2.05) is 19.1 Å². The zero-order chi connectivity index (χ0) is 26.2. The molecule has 4 rings (SSSR count). The molecule has 2 aromatic heterocycles. The van der Waals surface area contributed by atoms with Crippen LogP contribution < -0.4 is 5.56 Å². The molecule has 0 fully saturated rings. The zero-order valence-electron chi connectivity index (χ0n) is 22.1. The Morgan fingerprint density at radius 1 is 1.17 bits per heavy atom. The van der Waals surface area contributed by atoms with Crippen LogP contribution in [0.1, 0.15) is 42.9 Å². The number of ether oxygens (including phenoxy) is 1. The highest BCUT2D eigenvalue weighted by Gasteiger charge is 2.22. The summed E-state index contributed by atoms with van der Waals surface area (Å²) in [5.41, 5.74) is 5.79. The van der Waals surface area contributed by atoms with Gasteiger partial charge >= 0.3 is 0 Å². The van der Waals surface area contributed by atoms with Gasteiger partial charge in [-0.05, 0) is 59.2 Å². The third-order valence-corrected chi connectivity index (χ3v) is 9.98. The Balaban J connectivity index is 1.98. The molecular formula is C29H36ClNO3SSi. The van der Waals surface area contributed by atoms with Crippen molar-refractivity contribution in [2.24, 2.45) is 0 Å². The highest BCUT2D eigenvalue weighted by Crippen LogP contribution is 2.41. The monoisotopic (exact) mass is 541 g/mol. The Kier molecular flexibility index (Phi) is 8.12. The average Bonchev–Trinajstić information content (AvgIpc) is 3.24. The minimum atomic E-state index is -1.25. The molecule has 0 amide bonds. The second-order valence-electron chi connectivity index (χ2n) is 10.9. The molecule has 0 aliphatic heterocycles. The number of hydrogen-bond acceptors (Lipinski definition) is 4. The van der Waals surface area contributed by atoms with Crippen molar-refractivity contribution in [3.63, 3.8) is 0 Å². The van der Waals surface area contributed by atoms with Crippen LogP contribution in [0.4, 0.5) is 0 Å². The molecule has 7 heteroatoms. The van der Waals surface area contributed by atoms with E-state index in [2.05, 4.69) is 57.8 Å². The first-order valence-corrected chi connectivity index (χ1v) is 17.5. The van der Waals surface area contributed by atoms with Crippen molar-refractivity contribution < 1.29 is 9.84 Å². The molecule has 1 atom stereocenters. The minimum absolute atomic E-state index is 0.0830. The van der Waals surface area contributed by atoms with Gasteiger partial charge in [0.1, 0.15) is 11.4 Å². The van der Waals surface area contributed by atoms with E-state index in [1.54, 1.807) is 4.57 Å². The fraction of sp³-hybridized carbons (Fsp3) is 0.414. The third-order valence-electron chi connectivity index (χ3n) is 7.02. The van der Waals surface area contributed by atoms with Crippen molar-refractivity contribution in [2.75, 3.05) is 6.61 Å². The van der Waals surface area contributed by atoms with Crippen LogP contribution in [0, 0.1) is 6.92 Å². The third kappa shape index (κ3) is 5.34. The van der Waals surface area contributed by atoms with Gasteiger partial charge in [-0.15, -0.1) is 11.3 Å². The summed E-state index contributed by atoms with van der Waals surface area (Å²) < 4.78 is 9.02. The summed E-state index contributed by atoms with van der Waals surface area (Å²) in [6.45, 7) is 14.1. The van der Waals surface area contributed by atoms with Crippen molar-refractivity contribution in [1.82, 2.24) is 4.57 Å². The second kappa shape index (κ2) is 10.8. The summed E-state index contributed by atoms with van der Waals surface area (Å²) in [5, 5.41) is 12.2. The Morgan fingerprint density at radius 2 is 1.86 bits per heavy atom. The summed E-state index contributed by atoms with van der Waals surface area (Å²) in [4.78, 5) is 13.6. The van der Waals surface area contributed by atoms with E-state index in [0.29, 0.717) is 21.6 Å². The number of halogens is 1. The maximum atomic E-state index is 13.6.